The number of aliphatic hydroxyl groups is 2. The van der Waals surface area contributed by atoms with Gasteiger partial charge in [0.2, 0.25) is 0 Å². The molecule has 0 radical (unpaired) electrons. The molecule has 140 valence electrons. The quantitative estimate of drug-likeness (QED) is 0.654. The van der Waals surface area contributed by atoms with E-state index in [1.54, 1.807) is 19.1 Å². The first-order chi connectivity index (χ1) is 12.1. The molecule has 0 aromatic carbocycles. The van der Waals surface area contributed by atoms with Crippen molar-refractivity contribution >= 4 is 5.78 Å². The van der Waals surface area contributed by atoms with E-state index in [1.165, 1.54) is 6.08 Å². The summed E-state index contributed by atoms with van der Waals surface area (Å²) in [6, 6.07) is 0. The van der Waals surface area contributed by atoms with E-state index in [0.29, 0.717) is 25.7 Å². The lowest BCUT2D eigenvalue weighted by atomic mass is 9.45. The number of ketones is 1. The molecule has 0 saturated heterocycles. The second-order valence-corrected chi connectivity index (χ2v) is 9.04. The van der Waals surface area contributed by atoms with Crippen LogP contribution in [0.25, 0.3) is 0 Å². The summed E-state index contributed by atoms with van der Waals surface area (Å²) in [5.41, 5.74) is -3.82. The zero-order chi connectivity index (χ0) is 19.0. The number of halogens is 1. The second-order valence-electron chi connectivity index (χ2n) is 9.04. The van der Waals surface area contributed by atoms with Crippen molar-refractivity contribution in [2.24, 2.45) is 22.7 Å². The number of alkyl halides is 1. The Bertz CT molecular complexity index is 789. The highest BCUT2D eigenvalue weighted by Gasteiger charge is 2.72. The number of fused-ring (bicyclic) bond motifs is 5. The summed E-state index contributed by atoms with van der Waals surface area (Å²) in [4.78, 5) is 11.8. The molecule has 4 heteroatoms. The maximum absolute atomic E-state index is 16.7. The van der Waals surface area contributed by atoms with Crippen LogP contribution in [-0.2, 0) is 4.79 Å². The van der Waals surface area contributed by atoms with Gasteiger partial charge in [0.05, 0.1) is 6.10 Å². The van der Waals surface area contributed by atoms with Crippen molar-refractivity contribution in [3.8, 4) is 11.8 Å². The van der Waals surface area contributed by atoms with E-state index in [9.17, 15) is 15.0 Å². The molecule has 3 nitrogen and oxygen atoms in total. The van der Waals surface area contributed by atoms with Crippen molar-refractivity contribution in [1.82, 2.24) is 0 Å². The standard InChI is InChI=1S/C22H27FO3/c1-4-9-21(26)11-8-16-17-6-5-14-12-15(24)7-10-19(14,2)22(17,23)18(25)13-20(16,21)3/h7,10,12,16-18,25-26H,5-6,8,11,13H2,1-3H3/t16-,17-,18-,19-,20-,21+,22?/m0/s1. The van der Waals surface area contributed by atoms with E-state index in [4.69, 9.17) is 0 Å². The molecule has 26 heavy (non-hydrogen) atoms. The van der Waals surface area contributed by atoms with Gasteiger partial charge in [-0.25, -0.2) is 4.39 Å². The molecule has 0 amide bonds. The van der Waals surface area contributed by atoms with Gasteiger partial charge >= 0.3 is 0 Å². The Morgan fingerprint density at radius 1 is 1.27 bits per heavy atom. The van der Waals surface area contributed by atoms with Crippen LogP contribution < -0.4 is 0 Å². The number of rotatable bonds is 0. The number of hydrogen-bond donors (Lipinski definition) is 2. The van der Waals surface area contributed by atoms with Gasteiger partial charge in [-0.15, -0.1) is 5.92 Å². The molecule has 1 unspecified atom stereocenters. The molecule has 0 bridgehead atoms. The van der Waals surface area contributed by atoms with Crippen molar-refractivity contribution < 1.29 is 19.4 Å². The van der Waals surface area contributed by atoms with E-state index in [2.05, 4.69) is 11.8 Å². The van der Waals surface area contributed by atoms with E-state index in [1.807, 2.05) is 13.8 Å². The summed E-state index contributed by atoms with van der Waals surface area (Å²) < 4.78 is 16.7. The highest BCUT2D eigenvalue weighted by Crippen LogP contribution is 2.69. The summed E-state index contributed by atoms with van der Waals surface area (Å²) in [6.07, 6.45) is 6.09. The molecule has 0 aromatic rings. The van der Waals surface area contributed by atoms with Crippen LogP contribution in [0.15, 0.2) is 23.8 Å². The second kappa shape index (κ2) is 5.30. The molecular weight excluding hydrogens is 331 g/mol. The van der Waals surface area contributed by atoms with E-state index < -0.39 is 28.2 Å². The van der Waals surface area contributed by atoms with Crippen LogP contribution in [0.1, 0.15) is 52.9 Å². The topological polar surface area (TPSA) is 57.5 Å². The van der Waals surface area contributed by atoms with E-state index >= 15 is 4.39 Å². The highest BCUT2D eigenvalue weighted by molar-refractivity contribution is 6.01. The third-order valence-corrected chi connectivity index (χ3v) is 8.12. The first kappa shape index (κ1) is 17.9. The minimum atomic E-state index is -1.83. The number of carbonyl (C=O) groups is 1. The normalized spacial score (nSPS) is 52.3. The SMILES string of the molecule is CC#C[C@@]1(O)CC[C@H]2[C@@H]3CCC4=CC(=O)C=C[C@]4(C)C3(F)[C@@H](O)C[C@@]21C. The molecular formula is C22H27FO3. The first-order valence-corrected chi connectivity index (χ1v) is 9.60. The van der Waals surface area contributed by atoms with Crippen molar-refractivity contribution in [3.05, 3.63) is 23.8 Å². The number of aliphatic hydroxyl groups excluding tert-OH is 1. The van der Waals surface area contributed by atoms with Gasteiger partial charge in [-0.2, -0.15) is 0 Å². The van der Waals surface area contributed by atoms with Crippen LogP contribution in [0.3, 0.4) is 0 Å². The lowest BCUT2D eigenvalue weighted by molar-refractivity contribution is -0.208. The van der Waals surface area contributed by atoms with Gasteiger partial charge in [-0.3, -0.25) is 4.79 Å². The third kappa shape index (κ3) is 1.89. The average molecular weight is 358 g/mol. The molecule has 4 aliphatic carbocycles. The van der Waals surface area contributed by atoms with Gasteiger partial charge in [0.15, 0.2) is 11.5 Å². The molecule has 4 rings (SSSR count). The van der Waals surface area contributed by atoms with Gasteiger partial charge in [-0.05, 0) is 64.0 Å². The van der Waals surface area contributed by atoms with E-state index in [-0.39, 0.29) is 24.0 Å². The van der Waals surface area contributed by atoms with Crippen LogP contribution in [0.5, 0.6) is 0 Å². The number of hydrogen-bond acceptors (Lipinski definition) is 3. The lowest BCUT2D eigenvalue weighted by Crippen LogP contribution is -2.68. The summed E-state index contributed by atoms with van der Waals surface area (Å²) in [5, 5.41) is 22.3. The molecule has 3 fully saturated rings. The molecule has 3 saturated carbocycles. The van der Waals surface area contributed by atoms with Crippen LogP contribution in [-0.4, -0.2) is 33.4 Å². The van der Waals surface area contributed by atoms with Gasteiger partial charge in [0, 0.05) is 16.7 Å². The molecule has 0 aliphatic heterocycles. The zero-order valence-electron chi connectivity index (χ0n) is 15.7. The first-order valence-electron chi connectivity index (χ1n) is 9.60. The van der Waals surface area contributed by atoms with Crippen LogP contribution in [0.2, 0.25) is 0 Å². The van der Waals surface area contributed by atoms with Crippen LogP contribution >= 0.6 is 0 Å². The summed E-state index contributed by atoms with van der Waals surface area (Å²) in [5.74, 6) is 5.29. The molecule has 4 aliphatic rings. The fourth-order valence-corrected chi connectivity index (χ4v) is 6.63. The summed E-state index contributed by atoms with van der Waals surface area (Å²) >= 11 is 0. The Morgan fingerprint density at radius 2 is 2.00 bits per heavy atom. The van der Waals surface area contributed by atoms with Crippen molar-refractivity contribution in [2.75, 3.05) is 0 Å². The Labute approximate surface area is 154 Å². The Balaban J connectivity index is 1.83. The Hall–Kier alpha value is -1.44. The van der Waals surface area contributed by atoms with Gasteiger partial charge in [-0.1, -0.05) is 24.5 Å². The molecule has 0 heterocycles. The largest absolute Gasteiger partial charge is 0.390 e. The van der Waals surface area contributed by atoms with Gasteiger partial charge < -0.3 is 10.2 Å². The minimum Gasteiger partial charge on any atom is -0.390 e. The fourth-order valence-electron chi connectivity index (χ4n) is 6.63. The average Bonchev–Trinajstić information content (AvgIpc) is 2.82. The Morgan fingerprint density at radius 3 is 2.69 bits per heavy atom. The maximum atomic E-state index is 16.7. The lowest BCUT2D eigenvalue weighted by Gasteiger charge is -2.62. The molecule has 2 N–H and O–H groups in total. The number of allylic oxidation sites excluding steroid dienone is 4. The van der Waals surface area contributed by atoms with Crippen LogP contribution in [0, 0.1) is 34.5 Å². The van der Waals surface area contributed by atoms with Crippen LogP contribution in [0.4, 0.5) is 4.39 Å². The predicted molar refractivity (Wildman–Crippen MR) is 96.8 cm³/mol. The van der Waals surface area contributed by atoms with Crippen molar-refractivity contribution in [2.45, 2.75) is 70.2 Å². The third-order valence-electron chi connectivity index (χ3n) is 8.12. The zero-order valence-corrected chi connectivity index (χ0v) is 15.7. The molecule has 0 aromatic heterocycles. The summed E-state index contributed by atoms with van der Waals surface area (Å²) in [7, 11) is 0. The van der Waals surface area contributed by atoms with Crippen molar-refractivity contribution in [1.29, 1.82) is 0 Å². The number of carbonyl (C=O) groups excluding carboxylic acids is 1. The molecule has 7 atom stereocenters. The van der Waals surface area contributed by atoms with Gasteiger partial charge in [0.25, 0.3) is 0 Å². The molecule has 0 spiro atoms. The minimum absolute atomic E-state index is 0.0360. The van der Waals surface area contributed by atoms with E-state index in [0.717, 1.165) is 5.57 Å². The van der Waals surface area contributed by atoms with Gasteiger partial charge in [0.1, 0.15) is 5.60 Å². The van der Waals surface area contributed by atoms with Crippen molar-refractivity contribution in [3.63, 3.8) is 0 Å². The predicted octanol–water partition coefficient (Wildman–Crippen LogP) is 3.11. The monoisotopic (exact) mass is 358 g/mol. The smallest absolute Gasteiger partial charge is 0.178 e. The summed E-state index contributed by atoms with van der Waals surface area (Å²) in [6.45, 7) is 5.48. The Kier molecular flexibility index (Phi) is 3.66. The fraction of sp³-hybridized carbons (Fsp3) is 0.682. The maximum Gasteiger partial charge on any atom is 0.178 e. The highest BCUT2D eigenvalue weighted by atomic mass is 19.1.